The van der Waals surface area contributed by atoms with Gasteiger partial charge in [-0.2, -0.15) is 0 Å². The Hall–Kier alpha value is -1.14. The van der Waals surface area contributed by atoms with E-state index in [0.717, 1.165) is 33.4 Å². The number of nitrogens with two attached hydrogens (primary N) is 1. The second kappa shape index (κ2) is 25.8. The van der Waals surface area contributed by atoms with Gasteiger partial charge in [0.1, 0.15) is 0 Å². The van der Waals surface area contributed by atoms with Gasteiger partial charge >= 0.3 is 0 Å². The SMILES string of the molecule is CC(=O)O.CC(=O)O.CCCCCCCCCCNCCCN. The van der Waals surface area contributed by atoms with E-state index in [1.165, 1.54) is 57.9 Å². The third-order valence-corrected chi connectivity index (χ3v) is 2.76. The minimum atomic E-state index is -0.833. The minimum Gasteiger partial charge on any atom is -0.481 e. The number of hydrogen-bond acceptors (Lipinski definition) is 4. The zero-order chi connectivity index (χ0) is 18.3. The van der Waals surface area contributed by atoms with Crippen LogP contribution in [0.4, 0.5) is 0 Å². The van der Waals surface area contributed by atoms with Gasteiger partial charge in [0.2, 0.25) is 0 Å². The van der Waals surface area contributed by atoms with Crippen LogP contribution in [0.25, 0.3) is 0 Å². The Morgan fingerprint density at radius 2 is 1.13 bits per heavy atom. The molecule has 0 fully saturated rings. The summed E-state index contributed by atoms with van der Waals surface area (Å²) in [6, 6.07) is 0. The van der Waals surface area contributed by atoms with Gasteiger partial charge in [-0.05, 0) is 32.5 Å². The summed E-state index contributed by atoms with van der Waals surface area (Å²) in [4.78, 5) is 18.0. The summed E-state index contributed by atoms with van der Waals surface area (Å²) in [6.07, 6.45) is 12.3. The van der Waals surface area contributed by atoms with Crippen LogP contribution in [0.3, 0.4) is 0 Å². The molecule has 6 nitrogen and oxygen atoms in total. The first kappa shape index (κ1) is 26.7. The lowest BCUT2D eigenvalue weighted by Crippen LogP contribution is -2.19. The normalized spacial score (nSPS) is 9.22. The predicted molar refractivity (Wildman–Crippen MR) is 95.8 cm³/mol. The minimum absolute atomic E-state index is 0.810. The molecule has 140 valence electrons. The van der Waals surface area contributed by atoms with Crippen molar-refractivity contribution < 1.29 is 19.8 Å². The van der Waals surface area contributed by atoms with Gasteiger partial charge in [-0.15, -0.1) is 0 Å². The fourth-order valence-corrected chi connectivity index (χ4v) is 1.74. The van der Waals surface area contributed by atoms with E-state index in [-0.39, 0.29) is 0 Å². The average molecular weight is 335 g/mol. The van der Waals surface area contributed by atoms with E-state index >= 15 is 0 Å². The molecule has 0 heterocycles. The molecule has 0 radical (unpaired) electrons. The smallest absolute Gasteiger partial charge is 0.300 e. The van der Waals surface area contributed by atoms with Crippen molar-refractivity contribution in [2.75, 3.05) is 19.6 Å². The summed E-state index contributed by atoms with van der Waals surface area (Å²) >= 11 is 0. The second-order valence-corrected chi connectivity index (χ2v) is 5.41. The Bertz CT molecular complexity index is 217. The van der Waals surface area contributed by atoms with Crippen molar-refractivity contribution in [1.82, 2.24) is 5.32 Å². The molecule has 0 aliphatic rings. The van der Waals surface area contributed by atoms with E-state index in [1.54, 1.807) is 0 Å². The molecule has 0 saturated carbocycles. The summed E-state index contributed by atoms with van der Waals surface area (Å²) in [5, 5.41) is 18.3. The van der Waals surface area contributed by atoms with E-state index in [1.807, 2.05) is 0 Å². The van der Waals surface area contributed by atoms with Crippen molar-refractivity contribution in [3.8, 4) is 0 Å². The first-order valence-corrected chi connectivity index (χ1v) is 8.68. The number of carboxylic acids is 2. The van der Waals surface area contributed by atoms with Gasteiger partial charge in [0.05, 0.1) is 0 Å². The summed E-state index contributed by atoms with van der Waals surface area (Å²) in [5.74, 6) is -1.67. The Morgan fingerprint density at radius 1 is 0.783 bits per heavy atom. The molecule has 0 aromatic heterocycles. The Morgan fingerprint density at radius 3 is 1.52 bits per heavy atom. The van der Waals surface area contributed by atoms with E-state index in [9.17, 15) is 0 Å². The fourth-order valence-electron chi connectivity index (χ4n) is 1.74. The molecule has 0 atom stereocenters. The van der Waals surface area contributed by atoms with Crippen molar-refractivity contribution in [2.45, 2.75) is 78.6 Å². The number of aliphatic carboxylic acids is 2. The topological polar surface area (TPSA) is 113 Å². The number of rotatable bonds is 12. The summed E-state index contributed by atoms with van der Waals surface area (Å²) in [6.45, 7) is 7.51. The maximum atomic E-state index is 9.00. The molecule has 0 bridgehead atoms. The molecule has 0 aromatic rings. The molecule has 0 spiro atoms. The van der Waals surface area contributed by atoms with Gasteiger partial charge in [0.25, 0.3) is 11.9 Å². The van der Waals surface area contributed by atoms with Crippen molar-refractivity contribution in [2.24, 2.45) is 5.73 Å². The number of carboxylic acid groups (broad SMARTS) is 2. The number of nitrogens with one attached hydrogen (secondary N) is 1. The fraction of sp³-hybridized carbons (Fsp3) is 0.882. The molecule has 0 saturated heterocycles. The summed E-state index contributed by atoms with van der Waals surface area (Å²) < 4.78 is 0. The monoisotopic (exact) mass is 334 g/mol. The van der Waals surface area contributed by atoms with Crippen LogP contribution in [0.5, 0.6) is 0 Å². The molecule has 6 heteroatoms. The highest BCUT2D eigenvalue weighted by Gasteiger charge is 1.91. The molecule has 0 amide bonds. The average Bonchev–Trinajstić information content (AvgIpc) is 2.43. The highest BCUT2D eigenvalue weighted by atomic mass is 16.4. The Labute approximate surface area is 141 Å². The lowest BCUT2D eigenvalue weighted by Gasteiger charge is -2.03. The molecular formula is C17H38N2O4. The molecule has 0 aliphatic heterocycles. The van der Waals surface area contributed by atoms with Crippen LogP contribution in [-0.4, -0.2) is 41.8 Å². The van der Waals surface area contributed by atoms with Gasteiger partial charge in [-0.3, -0.25) is 9.59 Å². The highest BCUT2D eigenvalue weighted by Crippen LogP contribution is 2.07. The molecule has 5 N–H and O–H groups in total. The van der Waals surface area contributed by atoms with Crippen molar-refractivity contribution in [1.29, 1.82) is 0 Å². The maximum absolute atomic E-state index is 9.00. The lowest BCUT2D eigenvalue weighted by atomic mass is 10.1. The third-order valence-electron chi connectivity index (χ3n) is 2.76. The van der Waals surface area contributed by atoms with Crippen molar-refractivity contribution in [3.05, 3.63) is 0 Å². The molecule has 23 heavy (non-hydrogen) atoms. The molecule has 0 rings (SSSR count). The zero-order valence-corrected chi connectivity index (χ0v) is 15.3. The Kier molecular flexibility index (Phi) is 30.0. The molecule has 0 aromatic carbocycles. The summed E-state index contributed by atoms with van der Waals surface area (Å²) in [5.41, 5.74) is 5.41. The van der Waals surface area contributed by atoms with E-state index < -0.39 is 11.9 Å². The van der Waals surface area contributed by atoms with Crippen LogP contribution in [0.15, 0.2) is 0 Å². The maximum Gasteiger partial charge on any atom is 0.300 e. The molecule has 0 unspecified atom stereocenters. The number of hydrogen-bond donors (Lipinski definition) is 4. The largest absolute Gasteiger partial charge is 0.481 e. The van der Waals surface area contributed by atoms with Crippen molar-refractivity contribution >= 4 is 11.9 Å². The highest BCUT2D eigenvalue weighted by molar-refractivity contribution is 5.63. The summed E-state index contributed by atoms with van der Waals surface area (Å²) in [7, 11) is 0. The Balaban J connectivity index is -0.000000413. The van der Waals surface area contributed by atoms with Crippen LogP contribution in [-0.2, 0) is 9.59 Å². The van der Waals surface area contributed by atoms with Crippen molar-refractivity contribution in [3.63, 3.8) is 0 Å². The quantitative estimate of drug-likeness (QED) is 0.408. The first-order chi connectivity index (χ1) is 10.9. The van der Waals surface area contributed by atoms with Gasteiger partial charge in [-0.25, -0.2) is 0 Å². The van der Waals surface area contributed by atoms with Crippen LogP contribution in [0.1, 0.15) is 78.6 Å². The van der Waals surface area contributed by atoms with Crippen LogP contribution < -0.4 is 11.1 Å². The van der Waals surface area contributed by atoms with Gasteiger partial charge in [0.15, 0.2) is 0 Å². The van der Waals surface area contributed by atoms with Gasteiger partial charge in [0, 0.05) is 13.8 Å². The third kappa shape index (κ3) is 62.9. The van der Waals surface area contributed by atoms with Gasteiger partial charge in [-0.1, -0.05) is 51.9 Å². The standard InChI is InChI=1S/C13H30N2.2C2H4O2/c1-2-3-4-5-6-7-8-9-12-15-13-10-11-14;2*1-2(3)4/h15H,2-14H2,1H3;2*1H3,(H,3,4). The zero-order valence-electron chi connectivity index (χ0n) is 15.3. The van der Waals surface area contributed by atoms with Gasteiger partial charge < -0.3 is 21.3 Å². The van der Waals surface area contributed by atoms with Crippen LogP contribution >= 0.6 is 0 Å². The first-order valence-electron chi connectivity index (χ1n) is 8.68. The number of unbranched alkanes of at least 4 members (excludes halogenated alkanes) is 7. The lowest BCUT2D eigenvalue weighted by molar-refractivity contribution is -0.135. The van der Waals surface area contributed by atoms with E-state index in [0.29, 0.717) is 0 Å². The van der Waals surface area contributed by atoms with E-state index in [2.05, 4.69) is 12.2 Å². The van der Waals surface area contributed by atoms with Crippen LogP contribution in [0.2, 0.25) is 0 Å². The van der Waals surface area contributed by atoms with Crippen LogP contribution in [0, 0.1) is 0 Å². The molecule has 0 aliphatic carbocycles. The number of carbonyl (C=O) groups is 2. The molecular weight excluding hydrogens is 296 g/mol. The van der Waals surface area contributed by atoms with E-state index in [4.69, 9.17) is 25.5 Å². The predicted octanol–water partition coefficient (Wildman–Crippen LogP) is 3.25. The second-order valence-electron chi connectivity index (χ2n) is 5.41.